The molecule has 0 aromatic heterocycles. The number of nitrogens with zero attached hydrogens (tertiary/aromatic N) is 1. The number of halogens is 1. The van der Waals surface area contributed by atoms with Gasteiger partial charge in [0.2, 0.25) is 11.8 Å². The van der Waals surface area contributed by atoms with Crippen molar-refractivity contribution >= 4 is 34.8 Å². The van der Waals surface area contributed by atoms with E-state index in [0.717, 1.165) is 6.42 Å². The molecule has 2 amide bonds. The topological polar surface area (TPSA) is 75.4 Å². The summed E-state index contributed by atoms with van der Waals surface area (Å²) in [5.74, 6) is 0.140. The van der Waals surface area contributed by atoms with Crippen molar-refractivity contribution in [1.82, 2.24) is 0 Å². The predicted molar refractivity (Wildman–Crippen MR) is 84.5 cm³/mol. The molecule has 1 heterocycles. The Balaban J connectivity index is 2.05. The van der Waals surface area contributed by atoms with Crippen LogP contribution >= 0.6 is 11.6 Å². The van der Waals surface area contributed by atoms with E-state index in [1.54, 1.807) is 23.1 Å². The number of carbonyl (C=O) groups is 2. The average Bonchev–Trinajstić information content (AvgIpc) is 2.84. The molecule has 0 aliphatic carbocycles. The Morgan fingerprint density at radius 2 is 2.29 bits per heavy atom. The zero-order valence-electron chi connectivity index (χ0n) is 12.1. The maximum atomic E-state index is 11.8. The summed E-state index contributed by atoms with van der Waals surface area (Å²) in [7, 11) is 0. The second-order valence-corrected chi connectivity index (χ2v) is 5.82. The van der Waals surface area contributed by atoms with Gasteiger partial charge < -0.3 is 16.0 Å². The summed E-state index contributed by atoms with van der Waals surface area (Å²) in [6.07, 6.45) is 1.79. The summed E-state index contributed by atoms with van der Waals surface area (Å²) < 4.78 is 0. The second-order valence-electron chi connectivity index (χ2n) is 5.41. The first-order chi connectivity index (χ1) is 10.0. The number of nitrogens with two attached hydrogens (primary N) is 1. The van der Waals surface area contributed by atoms with Gasteiger partial charge in [-0.3, -0.25) is 9.59 Å². The van der Waals surface area contributed by atoms with Gasteiger partial charge in [0.15, 0.2) is 0 Å². The normalized spacial score (nSPS) is 16.1. The molecule has 2 rings (SSSR count). The lowest BCUT2D eigenvalue weighted by Crippen LogP contribution is -2.24. The third kappa shape index (κ3) is 3.95. The molecule has 0 saturated carbocycles. The molecule has 6 heteroatoms. The average molecular weight is 310 g/mol. The van der Waals surface area contributed by atoms with Gasteiger partial charge in [0.25, 0.3) is 0 Å². The summed E-state index contributed by atoms with van der Waals surface area (Å²) in [6, 6.07) is 5.21. The van der Waals surface area contributed by atoms with Crippen LogP contribution < -0.4 is 16.0 Å². The molecule has 5 nitrogen and oxygen atoms in total. The maximum absolute atomic E-state index is 11.8. The van der Waals surface area contributed by atoms with Gasteiger partial charge in [0.05, 0.1) is 10.7 Å². The third-order valence-electron chi connectivity index (χ3n) is 3.53. The molecule has 21 heavy (non-hydrogen) atoms. The fourth-order valence-electron chi connectivity index (χ4n) is 2.32. The van der Waals surface area contributed by atoms with Gasteiger partial charge in [0, 0.05) is 25.1 Å². The first-order valence-corrected chi connectivity index (χ1v) is 7.49. The molecule has 1 aromatic rings. The zero-order chi connectivity index (χ0) is 15.4. The van der Waals surface area contributed by atoms with Crippen LogP contribution in [0.3, 0.4) is 0 Å². The summed E-state index contributed by atoms with van der Waals surface area (Å²) >= 11 is 6.23. The molecule has 1 atom stereocenters. The Bertz CT molecular complexity index is 548. The highest BCUT2D eigenvalue weighted by atomic mass is 35.5. The summed E-state index contributed by atoms with van der Waals surface area (Å²) in [5.41, 5.74) is 6.83. The van der Waals surface area contributed by atoms with Crippen LogP contribution in [0.1, 0.15) is 26.2 Å². The van der Waals surface area contributed by atoms with E-state index in [2.05, 4.69) is 5.32 Å². The van der Waals surface area contributed by atoms with Crippen molar-refractivity contribution in [1.29, 1.82) is 0 Å². The predicted octanol–water partition coefficient (Wildman–Crippen LogP) is 2.39. The Morgan fingerprint density at radius 3 is 2.86 bits per heavy atom. The molecular weight excluding hydrogens is 290 g/mol. The molecule has 0 spiro atoms. The van der Waals surface area contributed by atoms with Crippen molar-refractivity contribution in [2.24, 2.45) is 11.7 Å². The lowest BCUT2D eigenvalue weighted by molar-refractivity contribution is -0.117. The molecule has 1 aliphatic rings. The van der Waals surface area contributed by atoms with Gasteiger partial charge in [0.1, 0.15) is 0 Å². The highest BCUT2D eigenvalue weighted by Gasteiger charge is 2.23. The minimum Gasteiger partial charge on any atom is -0.330 e. The first-order valence-electron chi connectivity index (χ1n) is 7.11. The van der Waals surface area contributed by atoms with Crippen LogP contribution in [0.15, 0.2) is 18.2 Å². The second kappa shape index (κ2) is 6.91. The van der Waals surface area contributed by atoms with Crippen molar-refractivity contribution in [2.45, 2.75) is 26.2 Å². The van der Waals surface area contributed by atoms with E-state index in [-0.39, 0.29) is 17.7 Å². The Kier molecular flexibility index (Phi) is 5.20. The Labute approximate surface area is 129 Å². The van der Waals surface area contributed by atoms with Crippen molar-refractivity contribution < 1.29 is 9.59 Å². The molecule has 0 bridgehead atoms. The van der Waals surface area contributed by atoms with E-state index in [9.17, 15) is 9.59 Å². The van der Waals surface area contributed by atoms with Crippen LogP contribution in [0.4, 0.5) is 11.4 Å². The number of benzene rings is 1. The van der Waals surface area contributed by atoms with E-state index in [0.29, 0.717) is 42.3 Å². The monoisotopic (exact) mass is 309 g/mol. The van der Waals surface area contributed by atoms with Gasteiger partial charge in [-0.25, -0.2) is 0 Å². The standard InChI is InChI=1S/C15H20ClN3O2/c1-10(9-17)7-14(20)18-11-4-5-13(12(16)8-11)19-6-2-3-15(19)21/h4-5,8,10H,2-3,6-7,9,17H2,1H3,(H,18,20). The van der Waals surface area contributed by atoms with E-state index in [1.165, 1.54) is 0 Å². The van der Waals surface area contributed by atoms with Gasteiger partial charge >= 0.3 is 0 Å². The number of carbonyl (C=O) groups excluding carboxylic acids is 2. The van der Waals surface area contributed by atoms with Crippen molar-refractivity contribution in [3.63, 3.8) is 0 Å². The molecule has 1 aliphatic heterocycles. The highest BCUT2D eigenvalue weighted by molar-refractivity contribution is 6.34. The first kappa shape index (κ1) is 15.8. The minimum absolute atomic E-state index is 0.0884. The van der Waals surface area contributed by atoms with Crippen LogP contribution in [-0.4, -0.2) is 24.9 Å². The molecule has 1 aromatic carbocycles. The number of anilines is 2. The smallest absolute Gasteiger partial charge is 0.227 e. The number of hydrogen-bond acceptors (Lipinski definition) is 3. The number of amides is 2. The molecule has 1 saturated heterocycles. The fourth-order valence-corrected chi connectivity index (χ4v) is 2.60. The Morgan fingerprint density at radius 1 is 1.52 bits per heavy atom. The van der Waals surface area contributed by atoms with Crippen LogP contribution in [0.5, 0.6) is 0 Å². The third-order valence-corrected chi connectivity index (χ3v) is 3.83. The maximum Gasteiger partial charge on any atom is 0.227 e. The van der Waals surface area contributed by atoms with Crippen LogP contribution in [0.2, 0.25) is 5.02 Å². The molecule has 0 radical (unpaired) electrons. The van der Waals surface area contributed by atoms with Crippen molar-refractivity contribution in [3.05, 3.63) is 23.2 Å². The summed E-state index contributed by atoms with van der Waals surface area (Å²) in [5, 5.41) is 3.26. The van der Waals surface area contributed by atoms with E-state index >= 15 is 0 Å². The van der Waals surface area contributed by atoms with E-state index in [4.69, 9.17) is 17.3 Å². The lowest BCUT2D eigenvalue weighted by atomic mass is 10.1. The van der Waals surface area contributed by atoms with Crippen molar-refractivity contribution in [2.75, 3.05) is 23.3 Å². The van der Waals surface area contributed by atoms with Gasteiger partial charge in [-0.1, -0.05) is 18.5 Å². The fraction of sp³-hybridized carbons (Fsp3) is 0.467. The Hall–Kier alpha value is -1.59. The highest BCUT2D eigenvalue weighted by Crippen LogP contribution is 2.31. The largest absolute Gasteiger partial charge is 0.330 e. The zero-order valence-corrected chi connectivity index (χ0v) is 12.8. The van der Waals surface area contributed by atoms with E-state index in [1.807, 2.05) is 6.92 Å². The molecule has 3 N–H and O–H groups in total. The molecule has 1 unspecified atom stereocenters. The van der Waals surface area contributed by atoms with Gasteiger partial charge in [-0.05, 0) is 37.1 Å². The summed E-state index contributed by atoms with van der Waals surface area (Å²) in [4.78, 5) is 25.2. The number of rotatable bonds is 5. The number of nitrogens with one attached hydrogen (secondary N) is 1. The van der Waals surface area contributed by atoms with Gasteiger partial charge in [-0.2, -0.15) is 0 Å². The van der Waals surface area contributed by atoms with Crippen molar-refractivity contribution in [3.8, 4) is 0 Å². The van der Waals surface area contributed by atoms with Crippen LogP contribution in [0.25, 0.3) is 0 Å². The quantitative estimate of drug-likeness (QED) is 0.877. The van der Waals surface area contributed by atoms with Crippen LogP contribution in [0, 0.1) is 5.92 Å². The SMILES string of the molecule is CC(CN)CC(=O)Nc1ccc(N2CCCC2=O)c(Cl)c1. The molecular formula is C15H20ClN3O2. The van der Waals surface area contributed by atoms with E-state index < -0.39 is 0 Å². The summed E-state index contributed by atoms with van der Waals surface area (Å²) in [6.45, 7) is 3.09. The minimum atomic E-state index is -0.0889. The molecule has 114 valence electrons. The van der Waals surface area contributed by atoms with Crippen LogP contribution in [-0.2, 0) is 9.59 Å². The molecule has 1 fully saturated rings. The lowest BCUT2D eigenvalue weighted by Gasteiger charge is -2.18. The number of hydrogen-bond donors (Lipinski definition) is 2. The van der Waals surface area contributed by atoms with Gasteiger partial charge in [-0.15, -0.1) is 0 Å².